The van der Waals surface area contributed by atoms with E-state index in [1.807, 2.05) is 18.0 Å². The van der Waals surface area contributed by atoms with Crippen molar-refractivity contribution >= 4 is 49.0 Å². The summed E-state index contributed by atoms with van der Waals surface area (Å²) in [5, 5.41) is 0. The van der Waals surface area contributed by atoms with Crippen LogP contribution in [0.5, 0.6) is 0 Å². The summed E-state index contributed by atoms with van der Waals surface area (Å²) in [5.41, 5.74) is 0.756. The minimum atomic E-state index is 0.143. The van der Waals surface area contributed by atoms with Gasteiger partial charge < -0.3 is 4.74 Å². The SMILES string of the molecule is CN(CC(=O)c1cc(Br)sc1Br)CC1CCCO1. The highest BCUT2D eigenvalue weighted by Gasteiger charge is 2.20. The molecule has 0 aromatic carbocycles. The summed E-state index contributed by atoms with van der Waals surface area (Å²) in [6.45, 7) is 2.12. The van der Waals surface area contributed by atoms with Crippen LogP contribution in [-0.4, -0.2) is 43.5 Å². The standard InChI is InChI=1S/C12H15Br2NO2S/c1-15(6-8-3-2-4-17-8)7-10(16)9-5-11(13)18-12(9)14/h5,8H,2-4,6-7H2,1H3. The molecule has 1 aliphatic rings. The van der Waals surface area contributed by atoms with Gasteiger partial charge in [-0.1, -0.05) is 0 Å². The van der Waals surface area contributed by atoms with Gasteiger partial charge in [0.2, 0.25) is 0 Å². The molecular formula is C12H15Br2NO2S. The van der Waals surface area contributed by atoms with E-state index in [0.29, 0.717) is 12.6 Å². The van der Waals surface area contributed by atoms with Crippen LogP contribution in [0, 0.1) is 0 Å². The summed E-state index contributed by atoms with van der Waals surface area (Å²) in [7, 11) is 1.97. The van der Waals surface area contributed by atoms with Crippen LogP contribution in [0.2, 0.25) is 0 Å². The number of carbonyl (C=O) groups is 1. The molecule has 0 spiro atoms. The largest absolute Gasteiger partial charge is 0.377 e. The van der Waals surface area contributed by atoms with Crippen LogP contribution in [0.15, 0.2) is 13.6 Å². The average Bonchev–Trinajstić information content (AvgIpc) is 2.88. The number of Topliss-reactive ketones (excluding diaryl/α,β-unsaturated/α-hetero) is 1. The second kappa shape index (κ2) is 6.61. The van der Waals surface area contributed by atoms with Crippen molar-refractivity contribution < 1.29 is 9.53 Å². The number of ether oxygens (including phenoxy) is 1. The van der Waals surface area contributed by atoms with Gasteiger partial charge in [-0.15, -0.1) is 11.3 Å². The van der Waals surface area contributed by atoms with Gasteiger partial charge in [0.1, 0.15) is 0 Å². The van der Waals surface area contributed by atoms with Crippen molar-refractivity contribution in [3.63, 3.8) is 0 Å². The van der Waals surface area contributed by atoms with Crippen LogP contribution >= 0.6 is 43.2 Å². The van der Waals surface area contributed by atoms with Crippen molar-refractivity contribution in [2.45, 2.75) is 18.9 Å². The Morgan fingerprint density at radius 1 is 1.61 bits per heavy atom. The van der Waals surface area contributed by atoms with Gasteiger partial charge in [0, 0.05) is 18.7 Å². The van der Waals surface area contributed by atoms with E-state index in [1.165, 1.54) is 11.3 Å². The van der Waals surface area contributed by atoms with Crippen molar-refractivity contribution in [3.8, 4) is 0 Å². The molecule has 1 fully saturated rings. The number of likely N-dealkylation sites (N-methyl/N-ethyl adjacent to an activating group) is 1. The molecule has 18 heavy (non-hydrogen) atoms. The van der Waals surface area contributed by atoms with Gasteiger partial charge >= 0.3 is 0 Å². The fraction of sp³-hybridized carbons (Fsp3) is 0.583. The molecule has 2 rings (SSSR count). The van der Waals surface area contributed by atoms with Crippen LogP contribution in [0.25, 0.3) is 0 Å². The maximum atomic E-state index is 12.1. The first kappa shape index (κ1) is 14.7. The maximum Gasteiger partial charge on any atom is 0.178 e. The van der Waals surface area contributed by atoms with E-state index in [-0.39, 0.29) is 5.78 Å². The zero-order valence-corrected chi connectivity index (χ0v) is 14.1. The molecule has 0 radical (unpaired) electrons. The Balaban J connectivity index is 1.88. The van der Waals surface area contributed by atoms with Crippen LogP contribution in [0.1, 0.15) is 23.2 Å². The second-order valence-corrected chi connectivity index (χ2v) is 8.24. The number of nitrogens with zero attached hydrogens (tertiary/aromatic N) is 1. The molecule has 1 aliphatic heterocycles. The predicted molar refractivity (Wildman–Crippen MR) is 80.5 cm³/mol. The van der Waals surface area contributed by atoms with E-state index in [4.69, 9.17) is 4.74 Å². The molecule has 1 atom stereocenters. The number of thiophene rings is 1. The highest BCUT2D eigenvalue weighted by molar-refractivity contribution is 9.12. The average molecular weight is 397 g/mol. The number of ketones is 1. The third kappa shape index (κ3) is 3.87. The molecule has 1 aromatic rings. The number of hydrogen-bond donors (Lipinski definition) is 0. The van der Waals surface area contributed by atoms with E-state index in [0.717, 1.165) is 39.1 Å². The van der Waals surface area contributed by atoms with Crippen LogP contribution in [0.4, 0.5) is 0 Å². The monoisotopic (exact) mass is 395 g/mol. The molecule has 1 saturated heterocycles. The first-order chi connectivity index (χ1) is 8.56. The highest BCUT2D eigenvalue weighted by atomic mass is 79.9. The lowest BCUT2D eigenvalue weighted by Crippen LogP contribution is -2.33. The Morgan fingerprint density at radius 2 is 2.39 bits per heavy atom. The van der Waals surface area contributed by atoms with Crippen molar-refractivity contribution in [2.24, 2.45) is 0 Å². The summed E-state index contributed by atoms with van der Waals surface area (Å²) in [5.74, 6) is 0.143. The van der Waals surface area contributed by atoms with E-state index in [2.05, 4.69) is 31.9 Å². The summed E-state index contributed by atoms with van der Waals surface area (Å²) in [6, 6.07) is 1.87. The lowest BCUT2D eigenvalue weighted by molar-refractivity contribution is 0.0740. The van der Waals surface area contributed by atoms with Gasteiger partial charge in [0.05, 0.1) is 20.2 Å². The van der Waals surface area contributed by atoms with Crippen LogP contribution < -0.4 is 0 Å². The molecule has 0 bridgehead atoms. The Bertz CT molecular complexity index is 430. The second-order valence-electron chi connectivity index (χ2n) is 4.49. The van der Waals surface area contributed by atoms with Crippen molar-refractivity contribution in [3.05, 3.63) is 19.2 Å². The fourth-order valence-electron chi connectivity index (χ4n) is 2.06. The van der Waals surface area contributed by atoms with Gasteiger partial charge in [0.15, 0.2) is 5.78 Å². The minimum absolute atomic E-state index is 0.143. The highest BCUT2D eigenvalue weighted by Crippen LogP contribution is 2.32. The first-order valence-electron chi connectivity index (χ1n) is 5.84. The zero-order chi connectivity index (χ0) is 13.1. The molecule has 1 aromatic heterocycles. The lowest BCUT2D eigenvalue weighted by Gasteiger charge is -2.19. The Kier molecular flexibility index (Phi) is 5.38. The first-order valence-corrected chi connectivity index (χ1v) is 8.24. The van der Waals surface area contributed by atoms with Crippen molar-refractivity contribution in [1.29, 1.82) is 0 Å². The molecule has 0 amide bonds. The number of hydrogen-bond acceptors (Lipinski definition) is 4. The Hall–Kier alpha value is 0.250. The van der Waals surface area contributed by atoms with Crippen LogP contribution in [0.3, 0.4) is 0 Å². The van der Waals surface area contributed by atoms with E-state index >= 15 is 0 Å². The van der Waals surface area contributed by atoms with Gasteiger partial charge in [-0.25, -0.2) is 0 Å². The predicted octanol–water partition coefficient (Wildman–Crippen LogP) is 3.57. The third-order valence-corrected chi connectivity index (χ3v) is 5.25. The normalized spacial score (nSPS) is 19.7. The van der Waals surface area contributed by atoms with Gasteiger partial charge in [-0.05, 0) is 57.8 Å². The zero-order valence-electron chi connectivity index (χ0n) is 10.1. The van der Waals surface area contributed by atoms with E-state index < -0.39 is 0 Å². The Morgan fingerprint density at radius 3 is 2.94 bits per heavy atom. The summed E-state index contributed by atoms with van der Waals surface area (Å²) in [4.78, 5) is 14.2. The molecular weight excluding hydrogens is 382 g/mol. The molecule has 1 unspecified atom stereocenters. The quantitative estimate of drug-likeness (QED) is 0.712. The van der Waals surface area contributed by atoms with Gasteiger partial charge in [-0.3, -0.25) is 9.69 Å². The summed E-state index contributed by atoms with van der Waals surface area (Å²) < 4.78 is 7.44. The lowest BCUT2D eigenvalue weighted by atomic mass is 10.2. The minimum Gasteiger partial charge on any atom is -0.377 e. The molecule has 0 saturated carbocycles. The molecule has 3 nitrogen and oxygen atoms in total. The maximum absolute atomic E-state index is 12.1. The molecule has 0 aliphatic carbocycles. The molecule has 2 heterocycles. The topological polar surface area (TPSA) is 29.5 Å². The van der Waals surface area contributed by atoms with E-state index in [9.17, 15) is 4.79 Å². The summed E-state index contributed by atoms with van der Waals surface area (Å²) >= 11 is 8.34. The molecule has 0 N–H and O–H groups in total. The van der Waals surface area contributed by atoms with Gasteiger partial charge in [0.25, 0.3) is 0 Å². The van der Waals surface area contributed by atoms with Crippen molar-refractivity contribution in [1.82, 2.24) is 4.90 Å². The molecule has 100 valence electrons. The smallest absolute Gasteiger partial charge is 0.178 e. The molecule has 6 heteroatoms. The Labute approximate surface area is 128 Å². The van der Waals surface area contributed by atoms with Crippen molar-refractivity contribution in [2.75, 3.05) is 26.7 Å². The fourth-order valence-corrected chi connectivity index (χ4v) is 4.92. The number of carbonyl (C=O) groups excluding carboxylic acids is 1. The van der Waals surface area contributed by atoms with E-state index in [1.54, 1.807) is 0 Å². The summed E-state index contributed by atoms with van der Waals surface area (Å²) in [6.07, 6.45) is 2.53. The number of rotatable bonds is 5. The van der Waals surface area contributed by atoms with Gasteiger partial charge in [-0.2, -0.15) is 0 Å². The van der Waals surface area contributed by atoms with Crippen LogP contribution in [-0.2, 0) is 4.74 Å². The third-order valence-electron chi connectivity index (χ3n) is 2.91. The number of halogens is 2.